The summed E-state index contributed by atoms with van der Waals surface area (Å²) < 4.78 is 16.8. The first-order chi connectivity index (χ1) is 12.2. The zero-order valence-electron chi connectivity index (χ0n) is 13.7. The molecule has 1 unspecified atom stereocenters. The van der Waals surface area contributed by atoms with E-state index < -0.39 is 0 Å². The molecule has 3 aromatic rings. The van der Waals surface area contributed by atoms with Gasteiger partial charge in [0.1, 0.15) is 6.10 Å². The van der Waals surface area contributed by atoms with Gasteiger partial charge in [-0.05, 0) is 12.1 Å². The van der Waals surface area contributed by atoms with Crippen LogP contribution in [0.25, 0.3) is 11.0 Å². The van der Waals surface area contributed by atoms with E-state index in [1.165, 1.54) is 0 Å². The van der Waals surface area contributed by atoms with Gasteiger partial charge in [-0.3, -0.25) is 9.78 Å². The van der Waals surface area contributed by atoms with E-state index in [0.717, 1.165) is 11.8 Å². The molecule has 3 heterocycles. The van der Waals surface area contributed by atoms with Crippen LogP contribution in [0.2, 0.25) is 0 Å². The van der Waals surface area contributed by atoms with Crippen molar-refractivity contribution in [2.75, 3.05) is 20.2 Å². The molecule has 7 nitrogen and oxygen atoms in total. The van der Waals surface area contributed by atoms with Crippen molar-refractivity contribution >= 4 is 16.9 Å². The molecular weight excluding hydrogens is 322 g/mol. The average Bonchev–Trinajstić information content (AvgIpc) is 3.28. The molecule has 25 heavy (non-hydrogen) atoms. The van der Waals surface area contributed by atoms with Gasteiger partial charge in [-0.2, -0.15) is 0 Å². The standard InChI is InChI=1S/C18H17N3O4/c1-23-14-4-2-3-12-9-15(25-17(12)14)18(22)21-8-5-13(11-21)24-16-10-19-6-7-20-16/h2-4,6-7,9-10,13H,5,8,11H2,1H3. The van der Waals surface area contributed by atoms with Crippen molar-refractivity contribution in [2.24, 2.45) is 0 Å². The topological polar surface area (TPSA) is 77.7 Å². The predicted octanol–water partition coefficient (Wildman–Crippen LogP) is 2.52. The van der Waals surface area contributed by atoms with Crippen molar-refractivity contribution < 1.29 is 18.7 Å². The van der Waals surface area contributed by atoms with Crippen LogP contribution in [-0.4, -0.2) is 47.1 Å². The van der Waals surface area contributed by atoms with E-state index in [-0.39, 0.29) is 12.0 Å². The van der Waals surface area contributed by atoms with Gasteiger partial charge >= 0.3 is 0 Å². The van der Waals surface area contributed by atoms with Gasteiger partial charge in [0.05, 0.1) is 19.9 Å². The fourth-order valence-corrected chi connectivity index (χ4v) is 2.98. The summed E-state index contributed by atoms with van der Waals surface area (Å²) in [5.74, 6) is 1.24. The van der Waals surface area contributed by atoms with Gasteiger partial charge in [-0.1, -0.05) is 12.1 Å². The van der Waals surface area contributed by atoms with E-state index in [1.54, 1.807) is 42.7 Å². The van der Waals surface area contributed by atoms with Crippen LogP contribution in [-0.2, 0) is 0 Å². The van der Waals surface area contributed by atoms with Crippen LogP contribution in [0, 0.1) is 0 Å². The monoisotopic (exact) mass is 339 g/mol. The fourth-order valence-electron chi connectivity index (χ4n) is 2.98. The van der Waals surface area contributed by atoms with Crippen molar-refractivity contribution in [3.05, 3.63) is 48.6 Å². The highest BCUT2D eigenvalue weighted by Crippen LogP contribution is 2.29. The number of amides is 1. The zero-order valence-corrected chi connectivity index (χ0v) is 13.7. The maximum Gasteiger partial charge on any atom is 0.289 e. The summed E-state index contributed by atoms with van der Waals surface area (Å²) in [6.45, 7) is 1.10. The summed E-state index contributed by atoms with van der Waals surface area (Å²) in [4.78, 5) is 22.5. The average molecular weight is 339 g/mol. The molecule has 1 saturated heterocycles. The van der Waals surface area contributed by atoms with Gasteiger partial charge < -0.3 is 18.8 Å². The number of ether oxygens (including phenoxy) is 2. The Kier molecular flexibility index (Phi) is 3.97. The van der Waals surface area contributed by atoms with Gasteiger partial charge in [-0.15, -0.1) is 0 Å². The highest BCUT2D eigenvalue weighted by molar-refractivity contribution is 5.97. The lowest BCUT2D eigenvalue weighted by molar-refractivity contribution is 0.0742. The summed E-state index contributed by atoms with van der Waals surface area (Å²) in [5, 5.41) is 0.842. The molecule has 0 aliphatic carbocycles. The number of carbonyl (C=O) groups excluding carboxylic acids is 1. The Morgan fingerprint density at radius 1 is 1.36 bits per heavy atom. The second-order valence-electron chi connectivity index (χ2n) is 5.81. The summed E-state index contributed by atoms with van der Waals surface area (Å²) in [6, 6.07) is 7.31. The number of rotatable bonds is 4. The predicted molar refractivity (Wildman–Crippen MR) is 89.7 cm³/mol. The van der Waals surface area contributed by atoms with Crippen LogP contribution in [0.5, 0.6) is 11.6 Å². The SMILES string of the molecule is COc1cccc2cc(C(=O)N3CCC(Oc4cnccn4)C3)oc12. The number of para-hydroxylation sites is 1. The van der Waals surface area contributed by atoms with Crippen molar-refractivity contribution in [3.63, 3.8) is 0 Å². The van der Waals surface area contributed by atoms with E-state index in [4.69, 9.17) is 13.9 Å². The number of benzene rings is 1. The molecule has 1 amide bonds. The van der Waals surface area contributed by atoms with E-state index in [9.17, 15) is 4.79 Å². The zero-order chi connectivity index (χ0) is 17.2. The van der Waals surface area contributed by atoms with E-state index in [1.807, 2.05) is 12.1 Å². The molecule has 128 valence electrons. The number of likely N-dealkylation sites (tertiary alicyclic amines) is 1. The molecule has 1 aromatic carbocycles. The Hall–Kier alpha value is -3.09. The number of hydrogen-bond donors (Lipinski definition) is 0. The van der Waals surface area contributed by atoms with Crippen LogP contribution < -0.4 is 9.47 Å². The first kappa shape index (κ1) is 15.4. The Morgan fingerprint density at radius 2 is 2.28 bits per heavy atom. The largest absolute Gasteiger partial charge is 0.493 e. The minimum absolute atomic E-state index is 0.0976. The first-order valence-corrected chi connectivity index (χ1v) is 8.03. The molecule has 1 aliphatic heterocycles. The molecule has 4 rings (SSSR count). The molecule has 1 aliphatic rings. The number of fused-ring (bicyclic) bond motifs is 1. The van der Waals surface area contributed by atoms with Crippen molar-refractivity contribution in [2.45, 2.75) is 12.5 Å². The molecule has 2 aromatic heterocycles. The lowest BCUT2D eigenvalue weighted by Gasteiger charge is -2.15. The Balaban J connectivity index is 1.48. The molecule has 0 N–H and O–H groups in total. The van der Waals surface area contributed by atoms with Gasteiger partial charge in [0, 0.05) is 30.7 Å². The summed E-state index contributed by atoms with van der Waals surface area (Å²) in [6.07, 6.45) is 5.38. The maximum atomic E-state index is 12.7. The lowest BCUT2D eigenvalue weighted by Crippen LogP contribution is -2.30. The first-order valence-electron chi connectivity index (χ1n) is 8.03. The highest BCUT2D eigenvalue weighted by atomic mass is 16.5. The second kappa shape index (κ2) is 6.43. The molecule has 0 spiro atoms. The summed E-state index contributed by atoms with van der Waals surface area (Å²) in [7, 11) is 1.58. The molecule has 0 bridgehead atoms. The van der Waals surface area contributed by atoms with Crippen molar-refractivity contribution in [1.82, 2.24) is 14.9 Å². The fraction of sp³-hybridized carbons (Fsp3) is 0.278. The Bertz CT molecular complexity index is 894. The Labute approximate surface area is 144 Å². The third-order valence-corrected chi connectivity index (χ3v) is 4.20. The van der Waals surface area contributed by atoms with Crippen LogP contribution in [0.3, 0.4) is 0 Å². The van der Waals surface area contributed by atoms with Gasteiger partial charge in [0.25, 0.3) is 5.91 Å². The quantitative estimate of drug-likeness (QED) is 0.727. The number of carbonyl (C=O) groups is 1. The van der Waals surface area contributed by atoms with Crippen LogP contribution in [0.15, 0.2) is 47.3 Å². The molecule has 0 radical (unpaired) electrons. The van der Waals surface area contributed by atoms with E-state index in [2.05, 4.69) is 9.97 Å². The molecule has 0 saturated carbocycles. The van der Waals surface area contributed by atoms with Gasteiger partial charge in [0.2, 0.25) is 5.88 Å². The van der Waals surface area contributed by atoms with Crippen molar-refractivity contribution in [3.8, 4) is 11.6 Å². The third kappa shape index (κ3) is 3.00. The third-order valence-electron chi connectivity index (χ3n) is 4.20. The number of nitrogens with zero attached hydrogens (tertiary/aromatic N) is 3. The maximum absolute atomic E-state index is 12.7. The molecular formula is C18H17N3O4. The summed E-state index contributed by atoms with van der Waals surface area (Å²) in [5.41, 5.74) is 0.583. The Morgan fingerprint density at radius 3 is 3.08 bits per heavy atom. The molecule has 7 heteroatoms. The van der Waals surface area contributed by atoms with E-state index >= 15 is 0 Å². The summed E-state index contributed by atoms with van der Waals surface area (Å²) >= 11 is 0. The molecule has 1 fully saturated rings. The van der Waals surface area contributed by atoms with Crippen molar-refractivity contribution in [1.29, 1.82) is 0 Å². The minimum Gasteiger partial charge on any atom is -0.493 e. The second-order valence-corrected chi connectivity index (χ2v) is 5.81. The smallest absolute Gasteiger partial charge is 0.289 e. The van der Waals surface area contributed by atoms with Gasteiger partial charge in [-0.25, -0.2) is 4.98 Å². The number of methoxy groups -OCH3 is 1. The number of aromatic nitrogens is 2. The van der Waals surface area contributed by atoms with E-state index in [0.29, 0.717) is 36.1 Å². The van der Waals surface area contributed by atoms with Crippen LogP contribution >= 0.6 is 0 Å². The highest BCUT2D eigenvalue weighted by Gasteiger charge is 2.30. The minimum atomic E-state index is -0.150. The lowest BCUT2D eigenvalue weighted by atomic mass is 10.2. The van der Waals surface area contributed by atoms with Crippen LogP contribution in [0.4, 0.5) is 0 Å². The molecule has 1 atom stereocenters. The number of hydrogen-bond acceptors (Lipinski definition) is 6. The number of furan rings is 1. The van der Waals surface area contributed by atoms with Gasteiger partial charge in [0.15, 0.2) is 17.1 Å². The normalized spacial score (nSPS) is 17.0. The van der Waals surface area contributed by atoms with Crippen LogP contribution in [0.1, 0.15) is 17.0 Å².